The number of ether oxygens (including phenoxy) is 1. The van der Waals surface area contributed by atoms with E-state index in [9.17, 15) is 9.59 Å². The van der Waals surface area contributed by atoms with Crippen LogP contribution in [0.5, 0.6) is 0 Å². The Balaban J connectivity index is 1.36. The number of amides is 1. The fourth-order valence-corrected chi connectivity index (χ4v) is 4.15. The van der Waals surface area contributed by atoms with Crippen LogP contribution in [0.15, 0.2) is 71.3 Å². The smallest absolute Gasteiger partial charge is 0.338 e. The van der Waals surface area contributed by atoms with Gasteiger partial charge >= 0.3 is 5.97 Å². The van der Waals surface area contributed by atoms with Crippen LogP contribution in [-0.2, 0) is 27.4 Å². The van der Waals surface area contributed by atoms with Gasteiger partial charge in [0.15, 0.2) is 0 Å². The number of allylic oxidation sites excluding steroid dienone is 2. The van der Waals surface area contributed by atoms with Gasteiger partial charge in [-0.25, -0.2) is 4.79 Å². The van der Waals surface area contributed by atoms with Crippen molar-refractivity contribution >= 4 is 23.8 Å². The molecule has 1 aliphatic carbocycles. The topological polar surface area (TPSA) is 93.8 Å². The lowest BCUT2D eigenvalue weighted by molar-refractivity contribution is -0.139. The van der Waals surface area contributed by atoms with Gasteiger partial charge in [-0.3, -0.25) is 9.79 Å². The molecule has 1 aliphatic heterocycles. The average molecular weight is 458 g/mol. The van der Waals surface area contributed by atoms with Gasteiger partial charge in [0.05, 0.1) is 17.5 Å². The molecule has 3 unspecified atom stereocenters. The van der Waals surface area contributed by atoms with Gasteiger partial charge in [-0.2, -0.15) is 0 Å². The van der Waals surface area contributed by atoms with Crippen molar-refractivity contribution < 1.29 is 14.3 Å². The van der Waals surface area contributed by atoms with Gasteiger partial charge in [-0.15, -0.1) is 0 Å². The van der Waals surface area contributed by atoms with Gasteiger partial charge in [0.25, 0.3) is 0 Å². The van der Waals surface area contributed by atoms with E-state index in [1.807, 2.05) is 66.9 Å². The third-order valence-electron chi connectivity index (χ3n) is 6.25. The lowest BCUT2D eigenvalue weighted by Crippen LogP contribution is -2.27. The summed E-state index contributed by atoms with van der Waals surface area (Å²) in [5, 5.41) is 3.01. The zero-order valence-electron chi connectivity index (χ0n) is 19.7. The quantitative estimate of drug-likeness (QED) is 0.606. The second-order valence-corrected chi connectivity index (χ2v) is 9.07. The van der Waals surface area contributed by atoms with Gasteiger partial charge in [-0.05, 0) is 60.1 Å². The average Bonchev–Trinajstić information content (AvgIpc) is 2.84. The minimum Gasteiger partial charge on any atom is -0.457 e. The molecular formula is C28H31N3O3. The van der Waals surface area contributed by atoms with Crippen LogP contribution >= 0.6 is 0 Å². The molecule has 3 N–H and O–H groups in total. The molecule has 6 nitrogen and oxygen atoms in total. The third-order valence-corrected chi connectivity index (χ3v) is 6.25. The van der Waals surface area contributed by atoms with Crippen molar-refractivity contribution in [2.24, 2.45) is 16.6 Å². The number of esters is 1. The van der Waals surface area contributed by atoms with E-state index >= 15 is 0 Å². The minimum atomic E-state index is -0.479. The first-order chi connectivity index (χ1) is 16.4. The standard InChI is InChI=1S/C28H31N3O3/c1-18-3-7-22(8-4-18)28(33)34-17-20-5-9-21(10-6-20)26(15-29)27(32)31-25-12-11-23-16-30-19(2)13-24(23)14-25/h3,5-12,14,16,18-19,26H,4,13,15,17,29H2,1-2H3,(H,31,32). The van der Waals surface area contributed by atoms with Crippen molar-refractivity contribution in [2.45, 2.75) is 45.3 Å². The number of hydrogen-bond acceptors (Lipinski definition) is 5. The summed E-state index contributed by atoms with van der Waals surface area (Å²) in [6.45, 7) is 4.54. The molecule has 0 spiro atoms. The molecule has 0 saturated heterocycles. The Hall–Kier alpha value is -3.51. The van der Waals surface area contributed by atoms with Crippen LogP contribution in [0.4, 0.5) is 5.69 Å². The fourth-order valence-electron chi connectivity index (χ4n) is 4.15. The van der Waals surface area contributed by atoms with E-state index in [4.69, 9.17) is 10.5 Å². The van der Waals surface area contributed by atoms with Crippen molar-refractivity contribution in [1.82, 2.24) is 0 Å². The summed E-state index contributed by atoms with van der Waals surface area (Å²) in [4.78, 5) is 29.7. The van der Waals surface area contributed by atoms with Crippen LogP contribution < -0.4 is 11.1 Å². The zero-order valence-corrected chi connectivity index (χ0v) is 19.7. The summed E-state index contributed by atoms with van der Waals surface area (Å²) in [7, 11) is 0. The number of carbonyl (C=O) groups excluding carboxylic acids is 2. The summed E-state index contributed by atoms with van der Waals surface area (Å²) < 4.78 is 5.44. The molecule has 0 aromatic heterocycles. The molecule has 1 amide bonds. The fraction of sp³-hybridized carbons (Fsp3) is 0.321. The largest absolute Gasteiger partial charge is 0.457 e. The zero-order chi connectivity index (χ0) is 24.1. The summed E-state index contributed by atoms with van der Waals surface area (Å²) in [6.07, 6.45) is 9.34. The Morgan fingerprint density at radius 1 is 1.18 bits per heavy atom. The first-order valence-corrected chi connectivity index (χ1v) is 11.7. The molecule has 1 heterocycles. The summed E-state index contributed by atoms with van der Waals surface area (Å²) in [5.74, 6) is -0.503. The Morgan fingerprint density at radius 2 is 1.97 bits per heavy atom. The van der Waals surface area contributed by atoms with E-state index in [0.29, 0.717) is 11.5 Å². The predicted octanol–water partition coefficient (Wildman–Crippen LogP) is 4.30. The van der Waals surface area contributed by atoms with E-state index in [1.54, 1.807) is 0 Å². The maximum atomic E-state index is 13.0. The number of nitrogens with two attached hydrogens (primary N) is 1. The highest BCUT2D eigenvalue weighted by Crippen LogP contribution is 2.23. The summed E-state index contributed by atoms with van der Waals surface area (Å²) in [5.41, 5.74) is 11.3. The molecule has 0 bridgehead atoms. The number of rotatable bonds is 7. The number of fused-ring (bicyclic) bond motifs is 1. The number of benzene rings is 2. The number of nitrogens with one attached hydrogen (secondary N) is 1. The van der Waals surface area contributed by atoms with Crippen LogP contribution in [-0.4, -0.2) is 30.7 Å². The SMILES string of the molecule is CC1C=CC(C(=O)OCc2ccc(C(CN)C(=O)Nc3ccc4c(c3)CC(C)N=C4)cc2)=CC1. The molecule has 0 saturated carbocycles. The number of hydrogen-bond donors (Lipinski definition) is 2. The van der Waals surface area contributed by atoms with Crippen molar-refractivity contribution in [3.63, 3.8) is 0 Å². The minimum absolute atomic E-state index is 0.149. The Kier molecular flexibility index (Phi) is 7.38. The van der Waals surface area contributed by atoms with E-state index in [2.05, 4.69) is 24.2 Å². The Morgan fingerprint density at radius 3 is 2.68 bits per heavy atom. The second-order valence-electron chi connectivity index (χ2n) is 9.07. The van der Waals surface area contributed by atoms with Crippen molar-refractivity contribution in [2.75, 3.05) is 11.9 Å². The van der Waals surface area contributed by atoms with E-state index in [1.165, 1.54) is 5.56 Å². The lowest BCUT2D eigenvalue weighted by atomic mass is 9.96. The van der Waals surface area contributed by atoms with Crippen LogP contribution in [0, 0.1) is 5.92 Å². The van der Waals surface area contributed by atoms with Gasteiger partial charge in [0.2, 0.25) is 5.91 Å². The van der Waals surface area contributed by atoms with Crippen molar-refractivity contribution in [3.05, 3.63) is 88.5 Å². The number of anilines is 1. The van der Waals surface area contributed by atoms with E-state index < -0.39 is 5.92 Å². The number of nitrogens with zero attached hydrogens (tertiary/aromatic N) is 1. The third kappa shape index (κ3) is 5.69. The Bertz CT molecular complexity index is 1150. The molecule has 176 valence electrons. The van der Waals surface area contributed by atoms with E-state index in [-0.39, 0.29) is 31.1 Å². The molecule has 6 heteroatoms. The summed E-state index contributed by atoms with van der Waals surface area (Å²) in [6, 6.07) is 13.6. The van der Waals surface area contributed by atoms with Crippen LogP contribution in [0.2, 0.25) is 0 Å². The predicted molar refractivity (Wildman–Crippen MR) is 135 cm³/mol. The monoisotopic (exact) mass is 457 g/mol. The van der Waals surface area contributed by atoms with Crippen molar-refractivity contribution in [1.29, 1.82) is 0 Å². The number of carbonyl (C=O) groups is 2. The van der Waals surface area contributed by atoms with Crippen LogP contribution in [0.1, 0.15) is 48.4 Å². The van der Waals surface area contributed by atoms with Crippen molar-refractivity contribution in [3.8, 4) is 0 Å². The Labute approximate surface area is 200 Å². The highest BCUT2D eigenvalue weighted by atomic mass is 16.5. The molecule has 2 aromatic carbocycles. The maximum absolute atomic E-state index is 13.0. The highest BCUT2D eigenvalue weighted by molar-refractivity contribution is 5.96. The summed E-state index contributed by atoms with van der Waals surface area (Å²) >= 11 is 0. The van der Waals surface area contributed by atoms with Crippen LogP contribution in [0.3, 0.4) is 0 Å². The first kappa shape index (κ1) is 23.6. The maximum Gasteiger partial charge on any atom is 0.338 e. The molecule has 2 aromatic rings. The molecule has 2 aliphatic rings. The lowest BCUT2D eigenvalue weighted by Gasteiger charge is -2.19. The second kappa shape index (κ2) is 10.6. The molecular weight excluding hydrogens is 426 g/mol. The first-order valence-electron chi connectivity index (χ1n) is 11.7. The molecule has 0 fully saturated rings. The van der Waals surface area contributed by atoms with E-state index in [0.717, 1.165) is 35.2 Å². The van der Waals surface area contributed by atoms with Gasteiger partial charge < -0.3 is 15.8 Å². The van der Waals surface area contributed by atoms with Gasteiger partial charge in [0.1, 0.15) is 6.61 Å². The van der Waals surface area contributed by atoms with Gasteiger partial charge in [0, 0.05) is 18.4 Å². The highest BCUT2D eigenvalue weighted by Gasteiger charge is 2.20. The molecule has 34 heavy (non-hydrogen) atoms. The molecule has 4 rings (SSSR count). The van der Waals surface area contributed by atoms with Gasteiger partial charge in [-0.1, -0.05) is 55.5 Å². The molecule has 0 radical (unpaired) electrons. The van der Waals surface area contributed by atoms with Crippen LogP contribution in [0.25, 0.3) is 0 Å². The number of aliphatic imine (C=N–C) groups is 1. The normalized spacial score (nSPS) is 19.7. The molecule has 3 atom stereocenters.